The summed E-state index contributed by atoms with van der Waals surface area (Å²) in [5.74, 6) is 0. The van der Waals surface area contributed by atoms with Gasteiger partial charge in [-0.05, 0) is 32.9 Å². The summed E-state index contributed by atoms with van der Waals surface area (Å²) in [7, 11) is -1.28. The van der Waals surface area contributed by atoms with Crippen molar-refractivity contribution in [2.24, 2.45) is 4.40 Å². The third-order valence-electron chi connectivity index (χ3n) is 1.58. The van der Waals surface area contributed by atoms with Crippen LogP contribution in [0.25, 0.3) is 0 Å². The maximum atomic E-state index is 11.6. The Morgan fingerprint density at radius 1 is 1.53 bits per heavy atom. The molecule has 0 saturated carbocycles. The Balaban J connectivity index is 2.84. The molecule has 0 N–H and O–H groups in total. The van der Waals surface area contributed by atoms with Crippen LogP contribution in [0.1, 0.15) is 26.5 Å². The van der Waals surface area contributed by atoms with Crippen molar-refractivity contribution in [3.05, 3.63) is 29.0 Å². The molecule has 15 heavy (non-hydrogen) atoms. The van der Waals surface area contributed by atoms with Crippen LogP contribution in [-0.4, -0.2) is 20.2 Å². The number of aromatic nitrogens is 1. The summed E-state index contributed by atoms with van der Waals surface area (Å²) in [6.45, 7) is 5.58. The van der Waals surface area contributed by atoms with Crippen molar-refractivity contribution < 1.29 is 4.21 Å². The Kier molecular flexibility index (Phi) is 3.99. The molecule has 0 aliphatic carbocycles. The smallest absolute Gasteiger partial charge is 0.144 e. The summed E-state index contributed by atoms with van der Waals surface area (Å²) in [6, 6.07) is 3.45. The highest BCUT2D eigenvalue weighted by atomic mass is 35.5. The van der Waals surface area contributed by atoms with Crippen molar-refractivity contribution in [2.45, 2.75) is 25.5 Å². The van der Waals surface area contributed by atoms with Crippen molar-refractivity contribution >= 4 is 28.8 Å². The van der Waals surface area contributed by atoms with Crippen molar-refractivity contribution in [1.29, 1.82) is 0 Å². The van der Waals surface area contributed by atoms with E-state index in [1.807, 2.05) is 20.8 Å². The first kappa shape index (κ1) is 12.3. The monoisotopic (exact) mass is 244 g/mol. The molecule has 0 radical (unpaired) electrons. The molecule has 0 unspecified atom stereocenters. The Morgan fingerprint density at radius 3 is 2.73 bits per heavy atom. The molecule has 3 nitrogen and oxygen atoms in total. The lowest BCUT2D eigenvalue weighted by molar-refractivity contribution is 0.651. The molecule has 82 valence electrons. The fraction of sp³-hybridized carbons (Fsp3) is 0.400. The van der Waals surface area contributed by atoms with Gasteiger partial charge in [-0.2, -0.15) is 4.40 Å². The second kappa shape index (κ2) is 4.86. The lowest BCUT2D eigenvalue weighted by Crippen LogP contribution is -2.19. The van der Waals surface area contributed by atoms with Crippen LogP contribution in [0, 0.1) is 0 Å². The van der Waals surface area contributed by atoms with Gasteiger partial charge in [0.1, 0.15) is 16.7 Å². The molecule has 1 aromatic rings. The fourth-order valence-electron chi connectivity index (χ4n) is 0.749. The van der Waals surface area contributed by atoms with E-state index < -0.39 is 11.0 Å². The van der Waals surface area contributed by atoms with Crippen LogP contribution in [0.3, 0.4) is 0 Å². The Labute approximate surface area is 97.2 Å². The Morgan fingerprint density at radius 2 is 2.20 bits per heavy atom. The van der Waals surface area contributed by atoms with Crippen LogP contribution < -0.4 is 0 Å². The Hall–Kier alpha value is -0.740. The third kappa shape index (κ3) is 3.72. The van der Waals surface area contributed by atoms with Crippen molar-refractivity contribution in [3.8, 4) is 0 Å². The summed E-state index contributed by atoms with van der Waals surface area (Å²) in [4.78, 5) is 4.02. The molecule has 0 aliphatic heterocycles. The number of hydrogen-bond donors (Lipinski definition) is 0. The van der Waals surface area contributed by atoms with Crippen LogP contribution in [-0.2, 0) is 11.0 Å². The molecule has 0 saturated heterocycles. The molecule has 0 fully saturated rings. The molecule has 1 heterocycles. The maximum absolute atomic E-state index is 11.6. The first-order valence-electron chi connectivity index (χ1n) is 4.48. The fourth-order valence-corrected chi connectivity index (χ4v) is 1.43. The van der Waals surface area contributed by atoms with Crippen molar-refractivity contribution in [1.82, 2.24) is 4.98 Å². The van der Waals surface area contributed by atoms with E-state index in [-0.39, 0.29) is 4.75 Å². The lowest BCUT2D eigenvalue weighted by Gasteiger charge is -2.12. The highest BCUT2D eigenvalue weighted by Gasteiger charge is 2.18. The molecule has 1 atom stereocenters. The molecule has 0 amide bonds. The molecule has 0 bridgehead atoms. The molecular formula is C10H13ClN2OS. The van der Waals surface area contributed by atoms with Crippen molar-refractivity contribution in [3.63, 3.8) is 0 Å². The zero-order valence-electron chi connectivity index (χ0n) is 8.90. The third-order valence-corrected chi connectivity index (χ3v) is 3.25. The SMILES string of the molecule is CC(C)(C)[S@@](=O)/N=C/c1ncccc1Cl. The quantitative estimate of drug-likeness (QED) is 0.751. The van der Waals surface area contributed by atoms with Crippen LogP contribution >= 0.6 is 11.6 Å². The van der Waals surface area contributed by atoms with Gasteiger partial charge in [-0.15, -0.1) is 0 Å². The minimum atomic E-state index is -1.28. The molecule has 1 rings (SSSR count). The highest BCUT2D eigenvalue weighted by Crippen LogP contribution is 2.14. The van der Waals surface area contributed by atoms with Gasteiger partial charge in [0.25, 0.3) is 0 Å². The summed E-state index contributed by atoms with van der Waals surface area (Å²) in [6.07, 6.45) is 3.07. The minimum Gasteiger partial charge on any atom is -0.254 e. The number of pyridine rings is 1. The van der Waals surface area contributed by atoms with Gasteiger partial charge in [-0.25, -0.2) is 4.21 Å². The van der Waals surface area contributed by atoms with E-state index in [4.69, 9.17) is 11.6 Å². The lowest BCUT2D eigenvalue weighted by atomic mass is 10.3. The van der Waals surface area contributed by atoms with Crippen LogP contribution in [0.15, 0.2) is 22.7 Å². The van der Waals surface area contributed by atoms with Gasteiger partial charge in [-0.1, -0.05) is 11.6 Å². The molecular weight excluding hydrogens is 232 g/mol. The molecule has 0 aliphatic rings. The summed E-state index contributed by atoms with van der Waals surface area (Å²) < 4.78 is 15.2. The minimum absolute atomic E-state index is 0.363. The standard InChI is InChI=1S/C10H13ClN2OS/c1-10(2,3)15(14)13-7-9-8(11)5-4-6-12-9/h4-7H,1-3H3/b13-7+/t15-/m1/s1. The zero-order chi connectivity index (χ0) is 11.5. The zero-order valence-corrected chi connectivity index (χ0v) is 10.5. The van der Waals surface area contributed by atoms with Crippen LogP contribution in [0.4, 0.5) is 0 Å². The van der Waals surface area contributed by atoms with Gasteiger partial charge in [-0.3, -0.25) is 4.98 Å². The van der Waals surface area contributed by atoms with Crippen molar-refractivity contribution in [2.75, 3.05) is 0 Å². The maximum Gasteiger partial charge on any atom is 0.144 e. The Bertz CT molecular complexity index is 399. The van der Waals surface area contributed by atoms with Gasteiger partial charge in [0, 0.05) is 6.20 Å². The van der Waals surface area contributed by atoms with Gasteiger partial charge in [0.2, 0.25) is 0 Å². The van der Waals surface area contributed by atoms with Gasteiger partial charge in [0.15, 0.2) is 0 Å². The van der Waals surface area contributed by atoms with E-state index in [2.05, 4.69) is 9.38 Å². The summed E-state index contributed by atoms with van der Waals surface area (Å²) >= 11 is 5.87. The molecule has 0 spiro atoms. The van der Waals surface area contributed by atoms with Crippen LogP contribution in [0.2, 0.25) is 5.02 Å². The predicted octanol–water partition coefficient (Wildman–Crippen LogP) is 2.62. The van der Waals surface area contributed by atoms with E-state index in [1.165, 1.54) is 6.21 Å². The van der Waals surface area contributed by atoms with Gasteiger partial charge >= 0.3 is 0 Å². The average Bonchev–Trinajstić information content (AvgIpc) is 2.14. The topological polar surface area (TPSA) is 42.3 Å². The summed E-state index contributed by atoms with van der Waals surface area (Å²) in [5.41, 5.74) is 0.539. The average molecular weight is 245 g/mol. The molecule has 1 aromatic heterocycles. The van der Waals surface area contributed by atoms with E-state index in [0.29, 0.717) is 10.7 Å². The van der Waals surface area contributed by atoms with Gasteiger partial charge in [0.05, 0.1) is 16.0 Å². The molecule has 0 aromatic carbocycles. The summed E-state index contributed by atoms with van der Waals surface area (Å²) in [5, 5.41) is 0.507. The second-order valence-corrected chi connectivity index (χ2v) is 6.31. The normalized spacial score (nSPS) is 14.4. The van der Waals surface area contributed by atoms with E-state index in [0.717, 1.165) is 0 Å². The predicted molar refractivity (Wildman–Crippen MR) is 64.7 cm³/mol. The van der Waals surface area contributed by atoms with E-state index >= 15 is 0 Å². The first-order chi connectivity index (χ1) is 6.91. The first-order valence-corrected chi connectivity index (χ1v) is 5.96. The van der Waals surface area contributed by atoms with E-state index in [9.17, 15) is 4.21 Å². The largest absolute Gasteiger partial charge is 0.254 e. The number of hydrogen-bond acceptors (Lipinski definition) is 2. The van der Waals surface area contributed by atoms with Gasteiger partial charge < -0.3 is 0 Å². The number of halogens is 1. The second-order valence-electron chi connectivity index (χ2n) is 3.97. The number of nitrogens with zero attached hydrogens (tertiary/aromatic N) is 2. The van der Waals surface area contributed by atoms with Crippen LogP contribution in [0.5, 0.6) is 0 Å². The highest BCUT2D eigenvalue weighted by molar-refractivity contribution is 7.85. The number of rotatable bonds is 2. The molecule has 5 heteroatoms. The van der Waals surface area contributed by atoms with E-state index in [1.54, 1.807) is 18.3 Å².